The van der Waals surface area contributed by atoms with Crippen LogP contribution in [0.25, 0.3) is 6.08 Å². The number of Topliss-reactive ketones (excluding diaryl/α,β-unsaturated/α-hetero) is 1. The summed E-state index contributed by atoms with van der Waals surface area (Å²) in [6.45, 7) is 1.68. The molecule has 1 aliphatic heterocycles. The number of rotatable bonds is 4. The standard InChI is InChI=1S/C21H17Cl2NO4/c1-12-19(21(26)28-3)20(25)18(10-13-4-7-15(27-2)8-5-13)24(12)14-6-9-16(22)17(23)11-14/h4-11H,1-3H3/b18-10-. The zero-order valence-corrected chi connectivity index (χ0v) is 17.0. The molecule has 5 nitrogen and oxygen atoms in total. The van der Waals surface area contributed by atoms with E-state index in [0.29, 0.717) is 32.9 Å². The van der Waals surface area contributed by atoms with Crippen LogP contribution >= 0.6 is 23.2 Å². The van der Waals surface area contributed by atoms with Gasteiger partial charge < -0.3 is 14.4 Å². The number of methoxy groups -OCH3 is 2. The minimum Gasteiger partial charge on any atom is -0.497 e. The maximum atomic E-state index is 13.0. The van der Waals surface area contributed by atoms with Crippen molar-refractivity contribution in [3.8, 4) is 5.75 Å². The Balaban J connectivity index is 2.14. The summed E-state index contributed by atoms with van der Waals surface area (Å²) in [6, 6.07) is 12.2. The summed E-state index contributed by atoms with van der Waals surface area (Å²) >= 11 is 12.2. The van der Waals surface area contributed by atoms with Crippen molar-refractivity contribution in [1.29, 1.82) is 0 Å². The molecular weight excluding hydrogens is 401 g/mol. The zero-order valence-electron chi connectivity index (χ0n) is 15.5. The normalized spacial score (nSPS) is 15.4. The first kappa shape index (κ1) is 20.0. The Labute approximate surface area is 172 Å². The van der Waals surface area contributed by atoms with Gasteiger partial charge >= 0.3 is 5.97 Å². The maximum absolute atomic E-state index is 13.0. The van der Waals surface area contributed by atoms with Gasteiger partial charge in [-0.25, -0.2) is 4.79 Å². The van der Waals surface area contributed by atoms with E-state index in [0.717, 1.165) is 5.56 Å². The highest BCUT2D eigenvalue weighted by Gasteiger charge is 2.38. The van der Waals surface area contributed by atoms with Crippen LogP contribution in [0.4, 0.5) is 5.69 Å². The molecule has 3 rings (SSSR count). The van der Waals surface area contributed by atoms with Gasteiger partial charge in [-0.3, -0.25) is 4.79 Å². The quantitative estimate of drug-likeness (QED) is 0.403. The van der Waals surface area contributed by atoms with Crippen molar-refractivity contribution >= 4 is 46.7 Å². The highest BCUT2D eigenvalue weighted by molar-refractivity contribution is 6.42. The van der Waals surface area contributed by atoms with Gasteiger partial charge in [-0.1, -0.05) is 35.3 Å². The van der Waals surface area contributed by atoms with Crippen LogP contribution in [0.5, 0.6) is 5.75 Å². The predicted molar refractivity (Wildman–Crippen MR) is 110 cm³/mol. The first-order valence-electron chi connectivity index (χ1n) is 8.32. The van der Waals surface area contributed by atoms with Crippen LogP contribution in [-0.4, -0.2) is 26.0 Å². The number of anilines is 1. The Morgan fingerprint density at radius 2 is 1.71 bits per heavy atom. The second-order valence-electron chi connectivity index (χ2n) is 6.02. The lowest BCUT2D eigenvalue weighted by Crippen LogP contribution is -2.18. The van der Waals surface area contributed by atoms with Crippen molar-refractivity contribution in [3.05, 3.63) is 75.0 Å². The second kappa shape index (κ2) is 8.09. The van der Waals surface area contributed by atoms with Crippen molar-refractivity contribution in [2.24, 2.45) is 0 Å². The van der Waals surface area contributed by atoms with E-state index in [1.807, 2.05) is 12.1 Å². The Kier molecular flexibility index (Phi) is 5.77. The minimum atomic E-state index is -0.689. The van der Waals surface area contributed by atoms with E-state index in [9.17, 15) is 9.59 Å². The molecule has 2 aromatic carbocycles. The van der Waals surface area contributed by atoms with Crippen LogP contribution < -0.4 is 9.64 Å². The average molecular weight is 418 g/mol. The van der Waals surface area contributed by atoms with Gasteiger partial charge in [0.1, 0.15) is 11.3 Å². The number of hydrogen-bond acceptors (Lipinski definition) is 5. The lowest BCUT2D eigenvalue weighted by molar-refractivity contribution is -0.137. The SMILES string of the molecule is COC(=O)C1=C(C)N(c2ccc(Cl)c(Cl)c2)/C(=C\c2ccc(OC)cc2)C1=O. The highest BCUT2D eigenvalue weighted by atomic mass is 35.5. The van der Waals surface area contributed by atoms with Crippen LogP contribution in [0.2, 0.25) is 10.0 Å². The van der Waals surface area contributed by atoms with Crippen LogP contribution in [-0.2, 0) is 14.3 Å². The van der Waals surface area contributed by atoms with Gasteiger partial charge in [0.05, 0.1) is 30.0 Å². The molecule has 7 heteroatoms. The number of carbonyl (C=O) groups excluding carboxylic acids is 2. The molecule has 0 aromatic heterocycles. The molecule has 2 aromatic rings. The molecule has 1 aliphatic rings. The van der Waals surface area contributed by atoms with Crippen molar-refractivity contribution in [2.45, 2.75) is 6.92 Å². The van der Waals surface area contributed by atoms with Crippen LogP contribution in [0.1, 0.15) is 12.5 Å². The summed E-state index contributed by atoms with van der Waals surface area (Å²) in [6.07, 6.45) is 1.70. The minimum absolute atomic E-state index is 0.0201. The number of carbonyl (C=O) groups is 2. The van der Waals surface area contributed by atoms with E-state index in [-0.39, 0.29) is 5.57 Å². The number of ketones is 1. The summed E-state index contributed by atoms with van der Waals surface area (Å²) in [5.41, 5.74) is 2.12. The summed E-state index contributed by atoms with van der Waals surface area (Å²) in [4.78, 5) is 26.9. The van der Waals surface area contributed by atoms with Crippen LogP contribution in [0.15, 0.2) is 59.4 Å². The third-order valence-electron chi connectivity index (χ3n) is 4.37. The molecule has 0 N–H and O–H groups in total. The molecular formula is C21H17Cl2NO4. The maximum Gasteiger partial charge on any atom is 0.343 e. The summed E-state index contributed by atoms with van der Waals surface area (Å²) < 4.78 is 9.96. The summed E-state index contributed by atoms with van der Waals surface area (Å²) in [5.74, 6) is -0.414. The van der Waals surface area contributed by atoms with E-state index < -0.39 is 11.8 Å². The zero-order chi connectivity index (χ0) is 20.4. The smallest absolute Gasteiger partial charge is 0.343 e. The van der Waals surface area contributed by atoms with E-state index in [2.05, 4.69) is 0 Å². The molecule has 0 saturated carbocycles. The number of nitrogens with zero attached hydrogens (tertiary/aromatic N) is 1. The molecule has 0 amide bonds. The molecule has 0 radical (unpaired) electrons. The van der Waals surface area contributed by atoms with Crippen molar-refractivity contribution in [2.75, 3.05) is 19.1 Å². The molecule has 0 aliphatic carbocycles. The number of benzene rings is 2. The lowest BCUT2D eigenvalue weighted by atomic mass is 10.1. The average Bonchev–Trinajstić information content (AvgIpc) is 2.94. The molecule has 144 valence electrons. The van der Waals surface area contributed by atoms with Gasteiger partial charge in [-0.2, -0.15) is 0 Å². The number of ether oxygens (including phenoxy) is 2. The van der Waals surface area contributed by atoms with E-state index >= 15 is 0 Å². The van der Waals surface area contributed by atoms with Crippen molar-refractivity contribution in [3.63, 3.8) is 0 Å². The Morgan fingerprint density at radius 3 is 2.29 bits per heavy atom. The summed E-state index contributed by atoms with van der Waals surface area (Å²) in [7, 11) is 2.82. The monoisotopic (exact) mass is 417 g/mol. The van der Waals surface area contributed by atoms with Gasteiger partial charge in [0.2, 0.25) is 5.78 Å². The van der Waals surface area contributed by atoms with Gasteiger partial charge in [-0.05, 0) is 48.9 Å². The number of halogens is 2. The molecule has 0 fully saturated rings. The summed E-state index contributed by atoms with van der Waals surface area (Å²) in [5, 5.41) is 0.737. The highest BCUT2D eigenvalue weighted by Crippen LogP contribution is 2.38. The first-order valence-corrected chi connectivity index (χ1v) is 9.07. The van der Waals surface area contributed by atoms with Crippen LogP contribution in [0, 0.1) is 0 Å². The topological polar surface area (TPSA) is 55.8 Å². The second-order valence-corrected chi connectivity index (χ2v) is 6.83. The largest absolute Gasteiger partial charge is 0.497 e. The third kappa shape index (κ3) is 3.63. The number of hydrogen-bond donors (Lipinski definition) is 0. The number of esters is 1. The van der Waals surface area contributed by atoms with Crippen molar-refractivity contribution < 1.29 is 19.1 Å². The fourth-order valence-corrected chi connectivity index (χ4v) is 3.27. The molecule has 28 heavy (non-hydrogen) atoms. The molecule has 0 unspecified atom stereocenters. The van der Waals surface area contributed by atoms with Gasteiger partial charge in [-0.15, -0.1) is 0 Å². The fraction of sp³-hybridized carbons (Fsp3) is 0.143. The van der Waals surface area contributed by atoms with Gasteiger partial charge in [0.25, 0.3) is 0 Å². The lowest BCUT2D eigenvalue weighted by Gasteiger charge is -2.22. The first-order chi connectivity index (χ1) is 13.4. The molecule has 0 bridgehead atoms. The van der Waals surface area contributed by atoms with Crippen molar-refractivity contribution in [1.82, 2.24) is 0 Å². The third-order valence-corrected chi connectivity index (χ3v) is 5.11. The van der Waals surface area contributed by atoms with E-state index in [1.165, 1.54) is 7.11 Å². The molecule has 0 atom stereocenters. The van der Waals surface area contributed by atoms with Gasteiger partial charge in [0.15, 0.2) is 0 Å². The molecule has 1 heterocycles. The predicted octanol–water partition coefficient (Wildman–Crippen LogP) is 4.88. The molecule has 0 spiro atoms. The Hall–Kier alpha value is -2.76. The van der Waals surface area contributed by atoms with E-state index in [4.69, 9.17) is 32.7 Å². The fourth-order valence-electron chi connectivity index (χ4n) is 2.97. The van der Waals surface area contributed by atoms with Crippen LogP contribution in [0.3, 0.4) is 0 Å². The molecule has 0 saturated heterocycles. The number of allylic oxidation sites excluding steroid dienone is 2. The van der Waals surface area contributed by atoms with Gasteiger partial charge in [0, 0.05) is 11.4 Å². The Bertz CT molecular complexity index is 1010. The van der Waals surface area contributed by atoms with E-state index in [1.54, 1.807) is 55.3 Å². The Morgan fingerprint density at radius 1 is 1.04 bits per heavy atom.